The lowest BCUT2D eigenvalue weighted by atomic mass is 10.2. The molecule has 0 aromatic heterocycles. The minimum absolute atomic E-state index is 1.03. The molecule has 0 N–H and O–H groups in total. The molecule has 2 heteroatoms. The van der Waals surface area contributed by atoms with Gasteiger partial charge in [-0.1, -0.05) is 13.8 Å². The van der Waals surface area contributed by atoms with Crippen LogP contribution in [0.25, 0.3) is 0 Å². The highest BCUT2D eigenvalue weighted by molar-refractivity contribution is 7.79. The molecule has 1 nitrogen and oxygen atoms in total. The van der Waals surface area contributed by atoms with Crippen molar-refractivity contribution >= 4 is 18.5 Å². The summed E-state index contributed by atoms with van der Waals surface area (Å²) in [6.45, 7) is 4.16. The maximum absolute atomic E-state index is 3.76. The van der Waals surface area contributed by atoms with Crippen molar-refractivity contribution in [3.05, 3.63) is 0 Å². The average molecular weight is 117 g/mol. The van der Waals surface area contributed by atoms with Gasteiger partial charge in [-0.3, -0.25) is 0 Å². The van der Waals surface area contributed by atoms with E-state index in [1.165, 1.54) is 5.71 Å². The van der Waals surface area contributed by atoms with Crippen molar-refractivity contribution in [1.29, 1.82) is 0 Å². The van der Waals surface area contributed by atoms with Crippen LogP contribution in [0.15, 0.2) is 4.40 Å². The summed E-state index contributed by atoms with van der Waals surface area (Å²) < 4.78 is 3.74. The molecule has 0 amide bonds. The van der Waals surface area contributed by atoms with Crippen molar-refractivity contribution in [2.24, 2.45) is 4.40 Å². The molecule has 0 spiro atoms. The molecule has 0 aliphatic carbocycles. The molecule has 0 aliphatic heterocycles. The highest BCUT2D eigenvalue weighted by Crippen LogP contribution is 1.92. The number of hydrogen-bond acceptors (Lipinski definition) is 2. The van der Waals surface area contributed by atoms with Gasteiger partial charge in [0.25, 0.3) is 0 Å². The van der Waals surface area contributed by atoms with E-state index >= 15 is 0 Å². The molecule has 0 saturated carbocycles. The van der Waals surface area contributed by atoms with E-state index in [9.17, 15) is 0 Å². The molecule has 0 aromatic rings. The van der Waals surface area contributed by atoms with Crippen LogP contribution in [-0.2, 0) is 0 Å². The van der Waals surface area contributed by atoms with Crippen LogP contribution in [0, 0.1) is 0 Å². The van der Waals surface area contributed by atoms with E-state index in [0.717, 1.165) is 12.8 Å². The van der Waals surface area contributed by atoms with Crippen molar-refractivity contribution in [3.63, 3.8) is 0 Å². The summed E-state index contributed by atoms with van der Waals surface area (Å²) in [6, 6.07) is 0. The van der Waals surface area contributed by atoms with E-state index < -0.39 is 0 Å². The Morgan fingerprint density at radius 1 is 1.43 bits per heavy atom. The third-order valence-electron chi connectivity index (χ3n) is 0.958. The van der Waals surface area contributed by atoms with Gasteiger partial charge in [0.1, 0.15) is 0 Å². The van der Waals surface area contributed by atoms with Gasteiger partial charge in [-0.05, 0) is 25.7 Å². The van der Waals surface area contributed by atoms with Gasteiger partial charge in [0.15, 0.2) is 0 Å². The van der Waals surface area contributed by atoms with Crippen LogP contribution < -0.4 is 0 Å². The molecule has 0 unspecified atom stereocenters. The van der Waals surface area contributed by atoms with Gasteiger partial charge in [0.2, 0.25) is 0 Å². The molecule has 0 atom stereocenters. The second kappa shape index (κ2) is 4.19. The van der Waals surface area contributed by atoms with E-state index in [4.69, 9.17) is 0 Å². The van der Waals surface area contributed by atoms with E-state index in [1.54, 1.807) is 0 Å². The molecule has 7 heavy (non-hydrogen) atoms. The number of nitrogens with zero attached hydrogens (tertiary/aromatic N) is 1. The summed E-state index contributed by atoms with van der Waals surface area (Å²) in [5, 5.41) is 0. The lowest BCUT2D eigenvalue weighted by Gasteiger charge is -1.90. The van der Waals surface area contributed by atoms with Crippen molar-refractivity contribution in [2.75, 3.05) is 0 Å². The normalized spacial score (nSPS) is 8.43. The molecule has 0 aliphatic rings. The molecule has 0 fully saturated rings. The van der Waals surface area contributed by atoms with Crippen LogP contribution in [0.4, 0.5) is 0 Å². The van der Waals surface area contributed by atoms with Crippen LogP contribution in [0.1, 0.15) is 26.7 Å². The minimum Gasteiger partial charge on any atom is -0.229 e. The van der Waals surface area contributed by atoms with Gasteiger partial charge in [-0.25, -0.2) is 4.40 Å². The van der Waals surface area contributed by atoms with E-state index in [-0.39, 0.29) is 0 Å². The molecule has 0 aromatic carbocycles. The zero-order valence-corrected chi connectivity index (χ0v) is 5.70. The fourth-order valence-electron chi connectivity index (χ4n) is 0.391. The summed E-state index contributed by atoms with van der Waals surface area (Å²) >= 11 is 3.76. The largest absolute Gasteiger partial charge is 0.229 e. The molecule has 0 rings (SSSR count). The summed E-state index contributed by atoms with van der Waals surface area (Å²) in [5.74, 6) is 0. The first-order valence-corrected chi connectivity index (χ1v) is 2.94. The molecular weight excluding hydrogens is 106 g/mol. The van der Waals surface area contributed by atoms with E-state index in [2.05, 4.69) is 31.1 Å². The Bertz CT molecular complexity index is 62.5. The summed E-state index contributed by atoms with van der Waals surface area (Å²) in [5.41, 5.74) is 1.17. The van der Waals surface area contributed by atoms with Crippen molar-refractivity contribution in [3.8, 4) is 0 Å². The quantitative estimate of drug-likeness (QED) is 0.420. The first kappa shape index (κ1) is 7.02. The Kier molecular flexibility index (Phi) is 4.20. The number of rotatable bonds is 2. The van der Waals surface area contributed by atoms with Gasteiger partial charge in [-0.2, -0.15) is 0 Å². The van der Waals surface area contributed by atoms with Crippen LogP contribution in [-0.4, -0.2) is 5.71 Å². The third-order valence-corrected chi connectivity index (χ3v) is 1.24. The van der Waals surface area contributed by atoms with Crippen LogP contribution in [0.2, 0.25) is 0 Å². The SMILES string of the molecule is CCC(CC)=NS. The smallest absolute Gasteiger partial charge is 0.0253 e. The monoisotopic (exact) mass is 117 g/mol. The van der Waals surface area contributed by atoms with Gasteiger partial charge < -0.3 is 0 Å². The predicted octanol–water partition coefficient (Wildman–Crippen LogP) is 2.09. The zero-order chi connectivity index (χ0) is 5.70. The standard InChI is InChI=1S/C5H11NS/c1-3-5(4-2)6-7/h7H,3-4H2,1-2H3. The maximum atomic E-state index is 3.76. The fourth-order valence-corrected chi connectivity index (χ4v) is 0.674. The molecular formula is C5H11NS. The zero-order valence-electron chi connectivity index (χ0n) is 4.81. The lowest BCUT2D eigenvalue weighted by molar-refractivity contribution is 1.17. The highest BCUT2D eigenvalue weighted by atomic mass is 32.1. The molecule has 42 valence electrons. The molecule has 0 saturated heterocycles. The second-order valence-corrected chi connectivity index (χ2v) is 1.57. The van der Waals surface area contributed by atoms with Crippen LogP contribution >= 0.6 is 12.8 Å². The van der Waals surface area contributed by atoms with Crippen LogP contribution in [0.5, 0.6) is 0 Å². The molecule has 0 heterocycles. The highest BCUT2D eigenvalue weighted by Gasteiger charge is 1.85. The Balaban J connectivity index is 3.38. The third kappa shape index (κ3) is 2.68. The molecule has 0 radical (unpaired) electrons. The first-order chi connectivity index (χ1) is 3.35. The van der Waals surface area contributed by atoms with Crippen molar-refractivity contribution < 1.29 is 0 Å². The number of hydrogen-bond donors (Lipinski definition) is 1. The Labute approximate surface area is 50.4 Å². The van der Waals surface area contributed by atoms with Gasteiger partial charge >= 0.3 is 0 Å². The summed E-state index contributed by atoms with van der Waals surface area (Å²) in [6.07, 6.45) is 2.06. The van der Waals surface area contributed by atoms with E-state index in [0.29, 0.717) is 0 Å². The minimum atomic E-state index is 1.03. The topological polar surface area (TPSA) is 12.4 Å². The van der Waals surface area contributed by atoms with Crippen molar-refractivity contribution in [1.82, 2.24) is 0 Å². The van der Waals surface area contributed by atoms with E-state index in [1.807, 2.05) is 0 Å². The Hall–Kier alpha value is 0.0200. The molecule has 0 bridgehead atoms. The predicted molar refractivity (Wildman–Crippen MR) is 37.0 cm³/mol. The van der Waals surface area contributed by atoms with Gasteiger partial charge in [0.05, 0.1) is 0 Å². The van der Waals surface area contributed by atoms with Crippen LogP contribution in [0.3, 0.4) is 0 Å². The summed E-state index contributed by atoms with van der Waals surface area (Å²) in [7, 11) is 0. The maximum Gasteiger partial charge on any atom is 0.0253 e. The average Bonchev–Trinajstić information content (AvgIpc) is 1.72. The fraction of sp³-hybridized carbons (Fsp3) is 0.800. The lowest BCUT2D eigenvalue weighted by Crippen LogP contribution is -1.88. The van der Waals surface area contributed by atoms with Gasteiger partial charge in [0, 0.05) is 5.71 Å². The Morgan fingerprint density at radius 3 is 1.86 bits per heavy atom. The first-order valence-electron chi connectivity index (χ1n) is 2.54. The number of thiol groups is 1. The summed E-state index contributed by atoms with van der Waals surface area (Å²) in [4.78, 5) is 0. The second-order valence-electron chi connectivity index (χ2n) is 1.37. The van der Waals surface area contributed by atoms with Crippen molar-refractivity contribution in [2.45, 2.75) is 26.7 Å². The van der Waals surface area contributed by atoms with Gasteiger partial charge in [-0.15, -0.1) is 0 Å². The Morgan fingerprint density at radius 2 is 1.86 bits per heavy atom.